The number of thioether (sulfide) groups is 1. The topological polar surface area (TPSA) is 24.4 Å². The summed E-state index contributed by atoms with van der Waals surface area (Å²) in [7, 11) is 0. The molecule has 1 aromatic rings. The van der Waals surface area contributed by atoms with Gasteiger partial charge in [-0.2, -0.15) is 0 Å². The zero-order valence-corrected chi connectivity index (χ0v) is 10.3. The third kappa shape index (κ3) is 2.76. The molecule has 1 aliphatic rings. The van der Waals surface area contributed by atoms with Gasteiger partial charge in [0, 0.05) is 5.75 Å². The summed E-state index contributed by atoms with van der Waals surface area (Å²) in [6.45, 7) is 4.19. The summed E-state index contributed by atoms with van der Waals surface area (Å²) in [5.41, 5.74) is 0.449. The number of hydrogen-bond donors (Lipinski definition) is 1. The summed E-state index contributed by atoms with van der Waals surface area (Å²) in [4.78, 5) is 4.55. The molecule has 0 spiro atoms. The van der Waals surface area contributed by atoms with Gasteiger partial charge in [-0.15, -0.1) is 0 Å². The van der Waals surface area contributed by atoms with Crippen LogP contribution in [0.25, 0.3) is 0 Å². The van der Waals surface area contributed by atoms with E-state index in [0.717, 1.165) is 17.3 Å². The van der Waals surface area contributed by atoms with E-state index in [2.05, 4.69) is 24.2 Å². The monoisotopic (exact) mass is 238 g/mol. The Balaban J connectivity index is 2.16. The first-order valence-electron chi connectivity index (χ1n) is 5.31. The Morgan fingerprint density at radius 3 is 2.81 bits per heavy atom. The Kier molecular flexibility index (Phi) is 3.19. The van der Waals surface area contributed by atoms with E-state index in [-0.39, 0.29) is 11.4 Å². The molecule has 1 heterocycles. The van der Waals surface area contributed by atoms with Gasteiger partial charge in [-0.1, -0.05) is 23.9 Å². The Labute approximate surface area is 99.3 Å². The molecular formula is C12H15FN2S. The van der Waals surface area contributed by atoms with Crippen molar-refractivity contribution >= 4 is 22.6 Å². The Morgan fingerprint density at radius 2 is 2.12 bits per heavy atom. The van der Waals surface area contributed by atoms with E-state index in [1.54, 1.807) is 23.9 Å². The fraction of sp³-hybridized carbons (Fsp3) is 0.417. The van der Waals surface area contributed by atoms with Crippen molar-refractivity contribution in [3.8, 4) is 0 Å². The third-order valence-electron chi connectivity index (χ3n) is 2.47. The first-order chi connectivity index (χ1) is 7.57. The van der Waals surface area contributed by atoms with Crippen LogP contribution in [0.3, 0.4) is 0 Å². The van der Waals surface area contributed by atoms with Crippen LogP contribution >= 0.6 is 11.8 Å². The second-order valence-electron chi connectivity index (χ2n) is 4.43. The number of amidine groups is 1. The first kappa shape index (κ1) is 11.5. The molecular weight excluding hydrogens is 223 g/mol. The Morgan fingerprint density at radius 1 is 1.38 bits per heavy atom. The van der Waals surface area contributed by atoms with Gasteiger partial charge in [-0.25, -0.2) is 4.39 Å². The lowest BCUT2D eigenvalue weighted by Crippen LogP contribution is -2.27. The molecule has 0 amide bonds. The lowest BCUT2D eigenvalue weighted by Gasteiger charge is -2.26. The average Bonchev–Trinajstić information content (AvgIpc) is 2.20. The van der Waals surface area contributed by atoms with Crippen molar-refractivity contribution in [1.29, 1.82) is 0 Å². The lowest BCUT2D eigenvalue weighted by molar-refractivity contribution is 0.507. The first-order valence-corrected chi connectivity index (χ1v) is 6.30. The molecule has 0 fully saturated rings. The number of hydrogen-bond acceptors (Lipinski definition) is 3. The molecule has 0 aromatic heterocycles. The molecule has 0 saturated carbocycles. The van der Waals surface area contributed by atoms with Gasteiger partial charge in [0.05, 0.1) is 11.2 Å². The number of nitrogens with zero attached hydrogens (tertiary/aromatic N) is 1. The standard InChI is InChI=1S/C12H15FN2S/c1-12(2)7-8-16-11(15-12)14-10-6-4-3-5-9(10)13/h3-6H,7-8H2,1-2H3,(H,14,15). The Hall–Kier alpha value is -1.03. The van der Waals surface area contributed by atoms with Crippen LogP contribution in [0.15, 0.2) is 29.3 Å². The number of para-hydroxylation sites is 1. The van der Waals surface area contributed by atoms with Crippen molar-refractivity contribution in [3.63, 3.8) is 0 Å². The minimum Gasteiger partial charge on any atom is -0.333 e. The van der Waals surface area contributed by atoms with Gasteiger partial charge in [0.2, 0.25) is 0 Å². The van der Waals surface area contributed by atoms with E-state index in [4.69, 9.17) is 0 Å². The van der Waals surface area contributed by atoms with Gasteiger partial charge in [-0.05, 0) is 32.4 Å². The van der Waals surface area contributed by atoms with Crippen LogP contribution in [0.4, 0.5) is 10.1 Å². The number of anilines is 1. The molecule has 0 aliphatic carbocycles. The summed E-state index contributed by atoms with van der Waals surface area (Å²) in [6, 6.07) is 6.66. The van der Waals surface area contributed by atoms with Crippen LogP contribution in [0.1, 0.15) is 20.3 Å². The van der Waals surface area contributed by atoms with Gasteiger partial charge in [0.15, 0.2) is 5.17 Å². The van der Waals surface area contributed by atoms with Crippen LogP contribution in [-0.4, -0.2) is 16.5 Å². The molecule has 0 saturated heterocycles. The highest BCUT2D eigenvalue weighted by atomic mass is 32.2. The summed E-state index contributed by atoms with van der Waals surface area (Å²) in [6.07, 6.45) is 1.06. The fourth-order valence-electron chi connectivity index (χ4n) is 1.50. The van der Waals surface area contributed by atoms with Crippen molar-refractivity contribution in [1.82, 2.24) is 0 Å². The maximum atomic E-state index is 13.4. The van der Waals surface area contributed by atoms with E-state index in [9.17, 15) is 4.39 Å². The molecule has 0 atom stereocenters. The molecule has 2 nitrogen and oxygen atoms in total. The maximum Gasteiger partial charge on any atom is 0.161 e. The molecule has 0 unspecified atom stereocenters. The number of benzene rings is 1. The Bertz CT molecular complexity index is 415. The molecule has 16 heavy (non-hydrogen) atoms. The van der Waals surface area contributed by atoms with Crippen LogP contribution < -0.4 is 5.32 Å². The lowest BCUT2D eigenvalue weighted by atomic mass is 10.0. The van der Waals surface area contributed by atoms with Crippen LogP contribution in [0, 0.1) is 5.82 Å². The van der Waals surface area contributed by atoms with Crippen LogP contribution in [-0.2, 0) is 0 Å². The summed E-state index contributed by atoms with van der Waals surface area (Å²) in [5, 5.41) is 3.85. The summed E-state index contributed by atoms with van der Waals surface area (Å²) < 4.78 is 13.4. The summed E-state index contributed by atoms with van der Waals surface area (Å²) >= 11 is 1.64. The SMILES string of the molecule is CC1(C)CCSC(Nc2ccccc2F)=N1. The highest BCUT2D eigenvalue weighted by Gasteiger charge is 2.22. The minimum absolute atomic E-state index is 0.0428. The number of rotatable bonds is 1. The molecule has 2 rings (SSSR count). The minimum atomic E-state index is -0.242. The normalized spacial score (nSPS) is 19.1. The molecule has 0 radical (unpaired) electrons. The van der Waals surface area contributed by atoms with E-state index in [1.807, 2.05) is 6.07 Å². The van der Waals surface area contributed by atoms with Crippen LogP contribution in [0.5, 0.6) is 0 Å². The van der Waals surface area contributed by atoms with Gasteiger partial charge < -0.3 is 5.32 Å². The molecule has 1 N–H and O–H groups in total. The van der Waals surface area contributed by atoms with Crippen molar-refractivity contribution < 1.29 is 4.39 Å². The fourth-order valence-corrected chi connectivity index (χ4v) is 2.79. The number of nitrogens with one attached hydrogen (secondary N) is 1. The zero-order valence-electron chi connectivity index (χ0n) is 9.46. The summed E-state index contributed by atoms with van der Waals surface area (Å²) in [5.74, 6) is 0.780. The predicted octanol–water partition coefficient (Wildman–Crippen LogP) is 3.51. The highest BCUT2D eigenvalue weighted by Crippen LogP contribution is 2.27. The molecule has 86 valence electrons. The second-order valence-corrected chi connectivity index (χ2v) is 5.52. The quantitative estimate of drug-likeness (QED) is 0.809. The van der Waals surface area contributed by atoms with E-state index < -0.39 is 0 Å². The van der Waals surface area contributed by atoms with E-state index in [0.29, 0.717) is 5.69 Å². The number of halogens is 1. The largest absolute Gasteiger partial charge is 0.333 e. The van der Waals surface area contributed by atoms with Gasteiger partial charge in [0.1, 0.15) is 5.82 Å². The van der Waals surface area contributed by atoms with Crippen molar-refractivity contribution in [3.05, 3.63) is 30.1 Å². The highest BCUT2D eigenvalue weighted by molar-refractivity contribution is 8.14. The van der Waals surface area contributed by atoms with E-state index in [1.165, 1.54) is 6.07 Å². The zero-order chi connectivity index (χ0) is 11.6. The third-order valence-corrected chi connectivity index (χ3v) is 3.35. The van der Waals surface area contributed by atoms with Crippen LogP contribution in [0.2, 0.25) is 0 Å². The molecule has 1 aliphatic heterocycles. The van der Waals surface area contributed by atoms with E-state index >= 15 is 0 Å². The van der Waals surface area contributed by atoms with Gasteiger partial charge in [-0.3, -0.25) is 4.99 Å². The van der Waals surface area contributed by atoms with Crippen molar-refractivity contribution in [2.45, 2.75) is 25.8 Å². The smallest absolute Gasteiger partial charge is 0.161 e. The molecule has 1 aromatic carbocycles. The van der Waals surface area contributed by atoms with Crippen molar-refractivity contribution in [2.75, 3.05) is 11.1 Å². The van der Waals surface area contributed by atoms with Gasteiger partial charge >= 0.3 is 0 Å². The number of aliphatic imine (C=N–C) groups is 1. The molecule has 0 bridgehead atoms. The maximum absolute atomic E-state index is 13.4. The van der Waals surface area contributed by atoms with Gasteiger partial charge in [0.25, 0.3) is 0 Å². The van der Waals surface area contributed by atoms with Crippen molar-refractivity contribution in [2.24, 2.45) is 4.99 Å². The predicted molar refractivity (Wildman–Crippen MR) is 68.6 cm³/mol. The molecule has 4 heteroatoms. The second kappa shape index (κ2) is 4.45. The average molecular weight is 238 g/mol.